The predicted molar refractivity (Wildman–Crippen MR) is 123 cm³/mol. The van der Waals surface area contributed by atoms with Gasteiger partial charge >= 0.3 is 5.97 Å². The molecule has 0 spiro atoms. The molecule has 0 radical (unpaired) electrons. The van der Waals surface area contributed by atoms with E-state index in [1.54, 1.807) is 13.8 Å². The van der Waals surface area contributed by atoms with Crippen molar-refractivity contribution >= 4 is 35.1 Å². The summed E-state index contributed by atoms with van der Waals surface area (Å²) in [6, 6.07) is 6.36. The number of fused-ring (bicyclic) bond motifs is 1. The zero-order chi connectivity index (χ0) is 26.7. The fourth-order valence-corrected chi connectivity index (χ4v) is 3.86. The van der Waals surface area contributed by atoms with Gasteiger partial charge in [0, 0.05) is 12.1 Å². The summed E-state index contributed by atoms with van der Waals surface area (Å²) in [4.78, 5) is 73.3. The summed E-state index contributed by atoms with van der Waals surface area (Å²) in [5.74, 6) is -3.57. The van der Waals surface area contributed by atoms with Crippen molar-refractivity contribution in [1.29, 1.82) is 0 Å². The second-order valence-corrected chi connectivity index (χ2v) is 8.23. The number of rotatable bonds is 9. The van der Waals surface area contributed by atoms with E-state index in [0.717, 1.165) is 6.07 Å². The van der Waals surface area contributed by atoms with Crippen LogP contribution >= 0.6 is 0 Å². The maximum atomic E-state index is 13.1. The molecule has 1 heterocycles. The fourth-order valence-electron chi connectivity index (χ4n) is 3.86. The van der Waals surface area contributed by atoms with E-state index in [0.29, 0.717) is 4.90 Å². The molecule has 0 fully saturated rings. The lowest BCUT2D eigenvalue weighted by atomic mass is 10.0. The normalized spacial score (nSPS) is 14.3. The van der Waals surface area contributed by atoms with Crippen LogP contribution in [0.15, 0.2) is 42.5 Å². The summed E-state index contributed by atoms with van der Waals surface area (Å²) in [5, 5.41) is 25.4. The van der Waals surface area contributed by atoms with Gasteiger partial charge in [0.15, 0.2) is 0 Å². The Labute approximate surface area is 204 Å². The van der Waals surface area contributed by atoms with Crippen LogP contribution in [-0.2, 0) is 14.3 Å². The first-order valence-corrected chi connectivity index (χ1v) is 10.8. The van der Waals surface area contributed by atoms with Crippen molar-refractivity contribution in [2.24, 2.45) is 0 Å². The lowest BCUT2D eigenvalue weighted by molar-refractivity contribution is -0.385. The lowest BCUT2D eigenvalue weighted by Gasteiger charge is -2.25. The van der Waals surface area contributed by atoms with Gasteiger partial charge in [0.2, 0.25) is 5.91 Å². The minimum absolute atomic E-state index is 0.0155. The molecule has 3 amide bonds. The monoisotopic (exact) mass is 498 g/mol. The third-order valence-electron chi connectivity index (χ3n) is 5.45. The average molecular weight is 498 g/mol. The number of carbonyl (C=O) groups excluding carboxylic acids is 4. The Bertz CT molecular complexity index is 1270. The number of nitro benzene ring substituents is 2. The number of esters is 1. The molecule has 0 aliphatic carbocycles. The number of nitrogens with one attached hydrogen (secondary N) is 1. The Morgan fingerprint density at radius 2 is 1.56 bits per heavy atom. The Hall–Kier alpha value is -4.68. The summed E-state index contributed by atoms with van der Waals surface area (Å²) in [7, 11) is 0. The second-order valence-electron chi connectivity index (χ2n) is 8.23. The smallest absolute Gasteiger partial charge is 0.308 e. The van der Waals surface area contributed by atoms with Crippen LogP contribution in [0, 0.1) is 20.2 Å². The van der Waals surface area contributed by atoms with Gasteiger partial charge in [-0.25, -0.2) is 0 Å². The summed E-state index contributed by atoms with van der Waals surface area (Å²) in [6.07, 6.45) is -0.942. The minimum atomic E-state index is -1.46. The number of carbonyl (C=O) groups is 4. The van der Waals surface area contributed by atoms with Gasteiger partial charge in [0.1, 0.15) is 11.6 Å². The molecule has 0 bridgehead atoms. The number of amides is 3. The van der Waals surface area contributed by atoms with Gasteiger partial charge in [0.25, 0.3) is 23.2 Å². The van der Waals surface area contributed by atoms with Crippen LogP contribution in [0.2, 0.25) is 0 Å². The summed E-state index contributed by atoms with van der Waals surface area (Å²) in [5.41, 5.74) is -1.56. The Morgan fingerprint density at radius 3 is 2.17 bits per heavy atom. The Morgan fingerprint density at radius 1 is 0.944 bits per heavy atom. The van der Waals surface area contributed by atoms with E-state index >= 15 is 0 Å². The molecule has 13 heteroatoms. The molecule has 1 N–H and O–H groups in total. The topological polar surface area (TPSA) is 179 Å². The van der Waals surface area contributed by atoms with Gasteiger partial charge in [-0.1, -0.05) is 24.3 Å². The predicted octanol–water partition coefficient (Wildman–Crippen LogP) is 2.69. The number of benzene rings is 2. The summed E-state index contributed by atoms with van der Waals surface area (Å²) >= 11 is 0. The number of hydrogen-bond acceptors (Lipinski definition) is 9. The van der Waals surface area contributed by atoms with Gasteiger partial charge < -0.3 is 10.1 Å². The number of nitrogens with zero attached hydrogens (tertiary/aromatic N) is 3. The molecule has 36 heavy (non-hydrogen) atoms. The molecule has 1 aliphatic rings. The number of nitro groups is 2. The molecule has 0 aromatic heterocycles. The van der Waals surface area contributed by atoms with Gasteiger partial charge in [-0.05, 0) is 26.8 Å². The molecule has 2 unspecified atom stereocenters. The van der Waals surface area contributed by atoms with Crippen molar-refractivity contribution in [3.05, 3.63) is 79.4 Å². The number of ether oxygens (including phenoxy) is 1. The zero-order valence-corrected chi connectivity index (χ0v) is 19.5. The largest absolute Gasteiger partial charge is 0.463 e. The first-order valence-electron chi connectivity index (χ1n) is 10.8. The summed E-state index contributed by atoms with van der Waals surface area (Å²) < 4.78 is 5.11. The van der Waals surface area contributed by atoms with Gasteiger partial charge in [-0.2, -0.15) is 0 Å². The van der Waals surface area contributed by atoms with Crippen molar-refractivity contribution in [3.8, 4) is 0 Å². The third kappa shape index (κ3) is 5.04. The quantitative estimate of drug-likeness (QED) is 0.235. The standard InChI is InChI=1S/C23H22N4O9/c1-12(2)36-19(28)11-16(14-7-4-5-9-17(14)26(32)33)24-21(29)13(3)25-22(30)15-8-6-10-18(27(34)35)20(15)23(25)31/h4-10,12-13,16H,11H2,1-3H3,(H,24,29). The highest BCUT2D eigenvalue weighted by Gasteiger charge is 2.45. The van der Waals surface area contributed by atoms with Crippen LogP contribution in [0.3, 0.4) is 0 Å². The van der Waals surface area contributed by atoms with E-state index < -0.39 is 69.4 Å². The molecule has 2 aromatic carbocycles. The highest BCUT2D eigenvalue weighted by Crippen LogP contribution is 2.33. The van der Waals surface area contributed by atoms with E-state index in [1.165, 1.54) is 43.3 Å². The van der Waals surface area contributed by atoms with Gasteiger partial charge in [-0.15, -0.1) is 0 Å². The molecule has 1 aliphatic heterocycles. The molecule has 0 saturated carbocycles. The van der Waals surface area contributed by atoms with E-state index in [4.69, 9.17) is 4.74 Å². The minimum Gasteiger partial charge on any atom is -0.463 e. The van der Waals surface area contributed by atoms with Crippen LogP contribution in [-0.4, -0.2) is 50.6 Å². The van der Waals surface area contributed by atoms with E-state index in [9.17, 15) is 39.4 Å². The molecule has 0 saturated heterocycles. The van der Waals surface area contributed by atoms with Crippen molar-refractivity contribution in [3.63, 3.8) is 0 Å². The molecule has 13 nitrogen and oxygen atoms in total. The van der Waals surface area contributed by atoms with Crippen LogP contribution in [0.4, 0.5) is 11.4 Å². The van der Waals surface area contributed by atoms with E-state index in [2.05, 4.69) is 5.32 Å². The van der Waals surface area contributed by atoms with E-state index in [-0.39, 0.29) is 16.8 Å². The first-order chi connectivity index (χ1) is 16.9. The Kier molecular flexibility index (Phi) is 7.42. The molecule has 2 aromatic rings. The molecule has 3 rings (SSSR count). The highest BCUT2D eigenvalue weighted by atomic mass is 16.6. The van der Waals surface area contributed by atoms with Gasteiger partial charge in [-0.3, -0.25) is 44.3 Å². The van der Waals surface area contributed by atoms with Gasteiger partial charge in [0.05, 0.1) is 39.5 Å². The zero-order valence-electron chi connectivity index (χ0n) is 19.5. The lowest BCUT2D eigenvalue weighted by Crippen LogP contribution is -2.49. The highest BCUT2D eigenvalue weighted by molar-refractivity contribution is 6.24. The number of para-hydroxylation sites is 1. The average Bonchev–Trinajstić information content (AvgIpc) is 3.07. The molecular weight excluding hydrogens is 476 g/mol. The van der Waals surface area contributed by atoms with Crippen LogP contribution in [0.1, 0.15) is 59.5 Å². The molecular formula is C23H22N4O9. The van der Waals surface area contributed by atoms with Crippen LogP contribution in [0.5, 0.6) is 0 Å². The van der Waals surface area contributed by atoms with Crippen LogP contribution in [0.25, 0.3) is 0 Å². The maximum Gasteiger partial charge on any atom is 0.308 e. The van der Waals surface area contributed by atoms with Crippen molar-refractivity contribution in [1.82, 2.24) is 10.2 Å². The maximum absolute atomic E-state index is 13.1. The van der Waals surface area contributed by atoms with Crippen LogP contribution < -0.4 is 5.32 Å². The fraction of sp³-hybridized carbons (Fsp3) is 0.304. The van der Waals surface area contributed by atoms with Crippen molar-refractivity contribution in [2.45, 2.75) is 45.4 Å². The number of imide groups is 1. The Balaban J connectivity index is 1.92. The summed E-state index contributed by atoms with van der Waals surface area (Å²) in [6.45, 7) is 4.45. The molecule has 2 atom stereocenters. The van der Waals surface area contributed by atoms with Crippen molar-refractivity contribution < 1.29 is 33.8 Å². The molecule has 188 valence electrons. The third-order valence-corrected chi connectivity index (χ3v) is 5.45. The first kappa shape index (κ1) is 25.9. The number of hydrogen-bond donors (Lipinski definition) is 1. The van der Waals surface area contributed by atoms with E-state index in [1.807, 2.05) is 0 Å². The van der Waals surface area contributed by atoms with Crippen molar-refractivity contribution in [2.75, 3.05) is 0 Å². The second kappa shape index (κ2) is 10.3. The SMILES string of the molecule is CC(C)OC(=O)CC(NC(=O)C(C)N1C(=O)c2cccc([N+](=O)[O-])c2C1=O)c1ccccc1[N+](=O)[O-].